The smallest absolute Gasteiger partial charge is 0.337 e. The number of carboxylic acids is 1. The van der Waals surface area contributed by atoms with Crippen molar-refractivity contribution >= 4 is 123 Å². The Bertz CT molecular complexity index is 2780. The Balaban J connectivity index is 0.000000155. The summed E-state index contributed by atoms with van der Waals surface area (Å²) in [6, 6.07) is 33.1. The molecule has 9 rings (SSSR count). The predicted molar refractivity (Wildman–Crippen MR) is 273 cm³/mol. The van der Waals surface area contributed by atoms with E-state index in [9.17, 15) is 22.8 Å². The molecule has 0 unspecified atom stereocenters. The standard InChI is InChI=1S/C13H10N2O2S.C11H10IN3O.C11H12INO.C7H6INO2.C3H7N/c14-11-15(12-7-3-1-4-8-12)18(16,17)13-9-5-2-6-10-13;12-6-1-4-8-9(5-6)14-11(13)15(10(8)16)7-2-3-7;12-8-3-4-9(10(13)6-8)11(14)5-7-1-2-7;8-4-1-2-5(7(10)11)6(9)3-4;4-3-1-2-3/h1-10H;1,4-5,7H,2-3H2,(H2,13,14);3-4,6-7H,1-2,5,13H2;1-3H,9H2,(H,10,11);3H,1-2,4H2. The van der Waals surface area contributed by atoms with Crippen LogP contribution in [0.25, 0.3) is 10.9 Å². The van der Waals surface area contributed by atoms with Gasteiger partial charge >= 0.3 is 5.97 Å². The Morgan fingerprint density at radius 1 is 0.762 bits per heavy atom. The highest BCUT2D eigenvalue weighted by atomic mass is 127. The van der Waals surface area contributed by atoms with Crippen LogP contribution in [0, 0.1) is 28.1 Å². The van der Waals surface area contributed by atoms with Crippen LogP contribution >= 0.6 is 67.8 Å². The average Bonchev–Trinajstić information content (AvgIpc) is 4.10. The van der Waals surface area contributed by atoms with Gasteiger partial charge in [0.15, 0.2) is 12.0 Å². The Hall–Kier alpha value is -4.83. The minimum atomic E-state index is -3.83. The van der Waals surface area contributed by atoms with Crippen LogP contribution in [0.4, 0.5) is 23.0 Å². The minimum absolute atomic E-state index is 0.0126. The number of carbonyl (C=O) groups excluding carboxylic acids is 1. The molecule has 6 aromatic rings. The van der Waals surface area contributed by atoms with Crippen molar-refractivity contribution in [3.05, 3.63) is 147 Å². The summed E-state index contributed by atoms with van der Waals surface area (Å²) in [5.41, 5.74) is 25.0. The fourth-order valence-corrected chi connectivity index (χ4v) is 8.42. The van der Waals surface area contributed by atoms with Crippen molar-refractivity contribution in [2.75, 3.05) is 21.5 Å². The summed E-state index contributed by atoms with van der Waals surface area (Å²) in [4.78, 5) is 38.8. The molecule has 9 N–H and O–H groups in total. The first-order chi connectivity index (χ1) is 30.0. The number of ketones is 1. The molecular formula is C45H45I3N8O6S. The Kier molecular flexibility index (Phi) is 17.7. The summed E-state index contributed by atoms with van der Waals surface area (Å²) in [5.74, 6) is 0.170. The number of nitriles is 1. The van der Waals surface area contributed by atoms with Crippen LogP contribution in [-0.2, 0) is 10.0 Å². The molecule has 1 aromatic heterocycles. The third-order valence-electron chi connectivity index (χ3n) is 9.52. The molecule has 5 aromatic carbocycles. The number of nitrogens with two attached hydrogens (primary N) is 4. The van der Waals surface area contributed by atoms with Crippen LogP contribution in [0.15, 0.2) is 125 Å². The molecule has 3 aliphatic carbocycles. The van der Waals surface area contributed by atoms with Crippen LogP contribution in [-0.4, -0.2) is 40.9 Å². The highest BCUT2D eigenvalue weighted by Gasteiger charge is 2.28. The normalized spacial score (nSPS) is 13.8. The van der Waals surface area contributed by atoms with Crippen molar-refractivity contribution in [3.63, 3.8) is 0 Å². The second kappa shape index (κ2) is 22.7. The molecule has 0 bridgehead atoms. The topological polar surface area (TPSA) is 255 Å². The van der Waals surface area contributed by atoms with Gasteiger partial charge in [0.25, 0.3) is 15.6 Å². The number of rotatable bonds is 8. The van der Waals surface area contributed by atoms with Crippen LogP contribution in [0.1, 0.15) is 71.7 Å². The summed E-state index contributed by atoms with van der Waals surface area (Å²) < 4.78 is 29.9. The summed E-state index contributed by atoms with van der Waals surface area (Å²) in [5, 5.41) is 18.3. The van der Waals surface area contributed by atoms with Gasteiger partial charge in [-0.2, -0.15) is 18.0 Å². The Morgan fingerprint density at radius 2 is 1.27 bits per heavy atom. The van der Waals surface area contributed by atoms with Crippen LogP contribution in [0.3, 0.4) is 0 Å². The van der Waals surface area contributed by atoms with E-state index in [1.165, 1.54) is 43.9 Å². The number of nitrogen functional groups attached to an aromatic ring is 3. The Morgan fingerprint density at radius 3 is 1.75 bits per heavy atom. The quantitative estimate of drug-likeness (QED) is 0.0315. The maximum atomic E-state index is 12.3. The summed E-state index contributed by atoms with van der Waals surface area (Å²) in [6.07, 6.45) is 9.37. The number of carboxylic acid groups (broad SMARTS) is 1. The zero-order valence-electron chi connectivity index (χ0n) is 33.8. The lowest BCUT2D eigenvalue weighted by Crippen LogP contribution is -2.25. The molecule has 1 heterocycles. The first-order valence-electron chi connectivity index (χ1n) is 19.6. The van der Waals surface area contributed by atoms with Gasteiger partial charge in [-0.3, -0.25) is 14.2 Å². The molecule has 0 spiro atoms. The van der Waals surface area contributed by atoms with Gasteiger partial charge in [-0.1, -0.05) is 36.4 Å². The van der Waals surface area contributed by atoms with E-state index in [-0.39, 0.29) is 27.8 Å². The van der Waals surface area contributed by atoms with Crippen molar-refractivity contribution in [1.29, 1.82) is 5.26 Å². The number of aromatic nitrogens is 2. The van der Waals surface area contributed by atoms with Crippen LogP contribution < -0.4 is 32.8 Å². The summed E-state index contributed by atoms with van der Waals surface area (Å²) in [6.45, 7) is 0. The monoisotopic (exact) mass is 1210 g/mol. The molecule has 328 valence electrons. The molecule has 3 saturated carbocycles. The molecule has 0 radical (unpaired) electrons. The number of aromatic carboxylic acids is 1. The van der Waals surface area contributed by atoms with E-state index in [1.54, 1.807) is 71.4 Å². The van der Waals surface area contributed by atoms with E-state index in [0.717, 1.165) is 23.6 Å². The molecule has 14 nitrogen and oxygen atoms in total. The van der Waals surface area contributed by atoms with E-state index in [0.29, 0.717) is 62.2 Å². The third-order valence-corrected chi connectivity index (χ3v) is 13.2. The van der Waals surface area contributed by atoms with E-state index in [1.807, 2.05) is 36.4 Å². The lowest BCUT2D eigenvalue weighted by molar-refractivity contribution is 0.0697. The van der Waals surface area contributed by atoms with E-state index >= 15 is 0 Å². The van der Waals surface area contributed by atoms with Crippen molar-refractivity contribution in [2.24, 2.45) is 11.7 Å². The number of Topliss-reactive ketones (excluding diaryl/α,β-unsaturated/α-hetero) is 1. The number of nitrogens with zero attached hydrogens (tertiary/aromatic N) is 4. The number of carbonyl (C=O) groups is 2. The lowest BCUT2D eigenvalue weighted by Gasteiger charge is -2.15. The van der Waals surface area contributed by atoms with Gasteiger partial charge in [-0.05, 0) is 191 Å². The van der Waals surface area contributed by atoms with E-state index < -0.39 is 16.0 Å². The molecule has 0 amide bonds. The molecule has 3 aliphatic rings. The largest absolute Gasteiger partial charge is 0.478 e. The first-order valence-corrected chi connectivity index (χ1v) is 24.3. The minimum Gasteiger partial charge on any atom is -0.478 e. The molecule has 3 fully saturated rings. The van der Waals surface area contributed by atoms with E-state index in [2.05, 4.69) is 72.8 Å². The number of anilines is 4. The number of sulfonamides is 1. The van der Waals surface area contributed by atoms with Crippen molar-refractivity contribution in [1.82, 2.24) is 9.55 Å². The number of halogens is 3. The van der Waals surface area contributed by atoms with Gasteiger partial charge in [0.2, 0.25) is 5.95 Å². The highest BCUT2D eigenvalue weighted by Crippen LogP contribution is 2.36. The fourth-order valence-electron chi connectivity index (χ4n) is 5.69. The average molecular weight is 1210 g/mol. The van der Waals surface area contributed by atoms with Crippen LogP contribution in [0.2, 0.25) is 0 Å². The van der Waals surface area contributed by atoms with Gasteiger partial charge in [-0.25, -0.2) is 9.78 Å². The molecule has 18 heteroatoms. The second-order valence-electron chi connectivity index (χ2n) is 14.7. The van der Waals surface area contributed by atoms with Gasteiger partial charge in [0, 0.05) is 46.2 Å². The van der Waals surface area contributed by atoms with Crippen molar-refractivity contribution < 1.29 is 23.1 Å². The number of hydrogen-bond donors (Lipinski definition) is 5. The Labute approximate surface area is 406 Å². The van der Waals surface area contributed by atoms with Crippen LogP contribution in [0.5, 0.6) is 0 Å². The maximum absolute atomic E-state index is 12.3. The van der Waals surface area contributed by atoms with Crippen molar-refractivity contribution in [3.8, 4) is 6.19 Å². The van der Waals surface area contributed by atoms with E-state index in [4.69, 9.17) is 33.3 Å². The zero-order valence-corrected chi connectivity index (χ0v) is 41.1. The SMILES string of the molecule is N#CN(c1ccccc1)S(=O)(=O)c1ccccc1.NC1CC1.Nc1cc(I)ccc1C(=O)CC1CC1.Nc1cc(I)ccc1C(=O)O.Nc1nc2cc(I)ccc2c(=O)n1C1CC1. The molecule has 63 heavy (non-hydrogen) atoms. The molecule has 0 atom stereocenters. The highest BCUT2D eigenvalue weighted by molar-refractivity contribution is 14.1. The molecule has 0 aliphatic heterocycles. The van der Waals surface area contributed by atoms with Gasteiger partial charge in [-0.15, -0.1) is 0 Å². The number of fused-ring (bicyclic) bond motifs is 1. The summed E-state index contributed by atoms with van der Waals surface area (Å²) >= 11 is 6.46. The fraction of sp³-hybridized carbons (Fsp3) is 0.222. The van der Waals surface area contributed by atoms with Gasteiger partial charge in [0.1, 0.15) is 0 Å². The number of hydrogen-bond acceptors (Lipinski definition) is 11. The number of para-hydroxylation sites is 1. The zero-order chi connectivity index (χ0) is 45.8. The first kappa shape index (κ1) is 49.2. The second-order valence-corrected chi connectivity index (χ2v) is 20.3. The number of benzene rings is 5. The molecule has 0 saturated heterocycles. The third kappa shape index (κ3) is 14.6. The van der Waals surface area contributed by atoms with Gasteiger partial charge in [0.05, 0.1) is 27.0 Å². The predicted octanol–water partition coefficient (Wildman–Crippen LogP) is 8.82. The maximum Gasteiger partial charge on any atom is 0.337 e. The van der Waals surface area contributed by atoms with Gasteiger partial charge < -0.3 is 28.0 Å². The lowest BCUT2D eigenvalue weighted by atomic mass is 10.0. The molecular weight excluding hydrogens is 1160 g/mol. The summed E-state index contributed by atoms with van der Waals surface area (Å²) in [7, 11) is -3.83. The van der Waals surface area contributed by atoms with Crippen molar-refractivity contribution in [2.45, 2.75) is 61.9 Å².